The van der Waals surface area contributed by atoms with Gasteiger partial charge in [0.15, 0.2) is 0 Å². The van der Waals surface area contributed by atoms with Gasteiger partial charge < -0.3 is 0 Å². The van der Waals surface area contributed by atoms with Gasteiger partial charge in [-0.1, -0.05) is 0 Å². The van der Waals surface area contributed by atoms with E-state index in [4.69, 9.17) is 0 Å². The highest BCUT2D eigenvalue weighted by Crippen LogP contribution is 2.25. The van der Waals surface area contributed by atoms with E-state index in [1.807, 2.05) is 0 Å². The standard InChI is InChI=1S/C14H19FN2O2S/c15-12-3-5-14(6-4-12)20(18,19)17-10-7-13(11-17)16-8-1-2-9-16/h3-6,13H,1-2,7-11H2. The molecule has 0 N–H and O–H groups in total. The van der Waals surface area contributed by atoms with Crippen molar-refractivity contribution in [1.29, 1.82) is 0 Å². The molecule has 6 heteroatoms. The number of likely N-dealkylation sites (tertiary alicyclic amines) is 1. The number of benzene rings is 1. The van der Waals surface area contributed by atoms with Crippen molar-refractivity contribution in [1.82, 2.24) is 9.21 Å². The van der Waals surface area contributed by atoms with Crippen LogP contribution in [0.3, 0.4) is 0 Å². The summed E-state index contributed by atoms with van der Waals surface area (Å²) in [6.07, 6.45) is 3.31. The molecule has 110 valence electrons. The van der Waals surface area contributed by atoms with E-state index < -0.39 is 15.8 Å². The third-order valence-corrected chi connectivity index (χ3v) is 6.11. The summed E-state index contributed by atoms with van der Waals surface area (Å²) < 4.78 is 39.4. The number of rotatable bonds is 3. The van der Waals surface area contributed by atoms with Crippen molar-refractivity contribution in [3.8, 4) is 0 Å². The van der Waals surface area contributed by atoms with Crippen molar-refractivity contribution >= 4 is 10.0 Å². The molecular weight excluding hydrogens is 279 g/mol. The quantitative estimate of drug-likeness (QED) is 0.852. The summed E-state index contributed by atoms with van der Waals surface area (Å²) in [6, 6.07) is 5.41. The fourth-order valence-electron chi connectivity index (χ4n) is 3.09. The van der Waals surface area contributed by atoms with Crippen molar-refractivity contribution < 1.29 is 12.8 Å². The molecule has 1 unspecified atom stereocenters. The number of hydrogen-bond donors (Lipinski definition) is 0. The minimum Gasteiger partial charge on any atom is -0.299 e. The van der Waals surface area contributed by atoms with Gasteiger partial charge in [-0.05, 0) is 56.6 Å². The molecule has 0 aromatic heterocycles. The third kappa shape index (κ3) is 2.60. The number of hydrogen-bond acceptors (Lipinski definition) is 3. The fourth-order valence-corrected chi connectivity index (χ4v) is 4.58. The summed E-state index contributed by atoms with van der Waals surface area (Å²) in [7, 11) is -3.48. The maximum atomic E-state index is 12.9. The van der Waals surface area contributed by atoms with E-state index in [9.17, 15) is 12.8 Å². The Hall–Kier alpha value is -0.980. The van der Waals surface area contributed by atoms with Crippen LogP contribution >= 0.6 is 0 Å². The first kappa shape index (κ1) is 14.0. The van der Waals surface area contributed by atoms with E-state index in [0.29, 0.717) is 19.1 Å². The molecule has 0 spiro atoms. The molecule has 2 saturated heterocycles. The molecule has 0 radical (unpaired) electrons. The smallest absolute Gasteiger partial charge is 0.243 e. The Balaban J connectivity index is 1.74. The van der Waals surface area contributed by atoms with Gasteiger partial charge >= 0.3 is 0 Å². The summed E-state index contributed by atoms with van der Waals surface area (Å²) in [5.74, 6) is -0.416. The van der Waals surface area contributed by atoms with Crippen LogP contribution in [0.25, 0.3) is 0 Å². The van der Waals surface area contributed by atoms with E-state index in [2.05, 4.69) is 4.90 Å². The molecule has 20 heavy (non-hydrogen) atoms. The van der Waals surface area contributed by atoms with Crippen LogP contribution < -0.4 is 0 Å². The minimum atomic E-state index is -3.48. The predicted octanol–water partition coefficient (Wildman–Crippen LogP) is 1.68. The molecule has 0 saturated carbocycles. The molecule has 0 amide bonds. The van der Waals surface area contributed by atoms with Crippen LogP contribution in [0.1, 0.15) is 19.3 Å². The van der Waals surface area contributed by atoms with Crippen molar-refractivity contribution in [2.45, 2.75) is 30.2 Å². The van der Waals surface area contributed by atoms with Crippen LogP contribution in [0.15, 0.2) is 29.2 Å². The number of nitrogens with zero attached hydrogens (tertiary/aromatic N) is 2. The lowest BCUT2D eigenvalue weighted by molar-refractivity contribution is 0.251. The zero-order chi connectivity index (χ0) is 14.2. The Kier molecular flexibility index (Phi) is 3.79. The average Bonchev–Trinajstić information content (AvgIpc) is 3.10. The normalized spacial score (nSPS) is 25.4. The van der Waals surface area contributed by atoms with Gasteiger partial charge in [0.05, 0.1) is 4.90 Å². The predicted molar refractivity (Wildman–Crippen MR) is 74.4 cm³/mol. The highest BCUT2D eigenvalue weighted by atomic mass is 32.2. The van der Waals surface area contributed by atoms with E-state index in [1.54, 1.807) is 0 Å². The maximum Gasteiger partial charge on any atom is 0.243 e. The average molecular weight is 298 g/mol. The Morgan fingerprint density at radius 3 is 2.35 bits per heavy atom. The molecule has 1 aromatic rings. The molecule has 3 rings (SSSR count). The largest absolute Gasteiger partial charge is 0.299 e. The van der Waals surface area contributed by atoms with Gasteiger partial charge in [-0.2, -0.15) is 4.31 Å². The van der Waals surface area contributed by atoms with Gasteiger partial charge in [-0.25, -0.2) is 12.8 Å². The first-order chi connectivity index (χ1) is 9.57. The highest BCUT2D eigenvalue weighted by Gasteiger charge is 2.35. The molecular formula is C14H19FN2O2S. The van der Waals surface area contributed by atoms with Gasteiger partial charge in [0, 0.05) is 19.1 Å². The second kappa shape index (κ2) is 5.42. The second-order valence-electron chi connectivity index (χ2n) is 5.50. The topological polar surface area (TPSA) is 40.6 Å². The zero-order valence-electron chi connectivity index (χ0n) is 11.3. The Bertz CT molecular complexity index is 567. The van der Waals surface area contributed by atoms with Crippen LogP contribution in [-0.4, -0.2) is 49.8 Å². The van der Waals surface area contributed by atoms with Crippen molar-refractivity contribution in [3.05, 3.63) is 30.1 Å². The van der Waals surface area contributed by atoms with E-state index in [-0.39, 0.29) is 4.90 Å². The molecule has 2 aliphatic rings. The maximum absolute atomic E-state index is 12.9. The van der Waals surface area contributed by atoms with Crippen LogP contribution in [0, 0.1) is 5.82 Å². The van der Waals surface area contributed by atoms with Crippen molar-refractivity contribution in [3.63, 3.8) is 0 Å². The molecule has 0 bridgehead atoms. The lowest BCUT2D eigenvalue weighted by Gasteiger charge is -2.23. The van der Waals surface area contributed by atoms with Gasteiger partial charge in [-0.15, -0.1) is 0 Å². The lowest BCUT2D eigenvalue weighted by Crippen LogP contribution is -2.37. The summed E-state index contributed by atoms with van der Waals surface area (Å²) >= 11 is 0. The van der Waals surface area contributed by atoms with Crippen molar-refractivity contribution in [2.24, 2.45) is 0 Å². The summed E-state index contributed by atoms with van der Waals surface area (Å²) in [5.41, 5.74) is 0. The van der Waals surface area contributed by atoms with Gasteiger partial charge in [0.25, 0.3) is 0 Å². The third-order valence-electron chi connectivity index (χ3n) is 4.23. The molecule has 2 fully saturated rings. The van der Waals surface area contributed by atoms with Crippen LogP contribution in [-0.2, 0) is 10.0 Å². The summed E-state index contributed by atoms with van der Waals surface area (Å²) in [5, 5.41) is 0. The monoisotopic (exact) mass is 298 g/mol. The summed E-state index contributed by atoms with van der Waals surface area (Å²) in [4.78, 5) is 2.57. The van der Waals surface area contributed by atoms with Gasteiger partial charge in [-0.3, -0.25) is 4.90 Å². The first-order valence-electron chi connectivity index (χ1n) is 7.07. The molecule has 4 nitrogen and oxygen atoms in total. The van der Waals surface area contributed by atoms with Crippen LogP contribution in [0.4, 0.5) is 4.39 Å². The first-order valence-corrected chi connectivity index (χ1v) is 8.51. The fraction of sp³-hybridized carbons (Fsp3) is 0.571. The van der Waals surface area contributed by atoms with Gasteiger partial charge in [0.2, 0.25) is 10.0 Å². The Labute approximate surface area is 119 Å². The van der Waals surface area contributed by atoms with Gasteiger partial charge in [0.1, 0.15) is 5.82 Å². The van der Waals surface area contributed by atoms with Crippen molar-refractivity contribution in [2.75, 3.05) is 26.2 Å². The second-order valence-corrected chi connectivity index (χ2v) is 7.44. The van der Waals surface area contributed by atoms with E-state index in [0.717, 1.165) is 19.5 Å². The number of sulfonamides is 1. The van der Waals surface area contributed by atoms with Crippen LogP contribution in [0.2, 0.25) is 0 Å². The Morgan fingerprint density at radius 1 is 1.05 bits per heavy atom. The molecule has 1 atom stereocenters. The molecule has 0 aliphatic carbocycles. The highest BCUT2D eigenvalue weighted by molar-refractivity contribution is 7.89. The zero-order valence-corrected chi connectivity index (χ0v) is 12.2. The molecule has 2 aliphatic heterocycles. The summed E-state index contributed by atoms with van der Waals surface area (Å²) in [6.45, 7) is 3.27. The molecule has 1 aromatic carbocycles. The number of halogens is 1. The Morgan fingerprint density at radius 2 is 1.70 bits per heavy atom. The van der Waals surface area contributed by atoms with E-state index in [1.165, 1.54) is 41.4 Å². The minimum absolute atomic E-state index is 0.181. The SMILES string of the molecule is O=S(=O)(c1ccc(F)cc1)N1CCC(N2CCCC2)C1. The van der Waals surface area contributed by atoms with Crippen LogP contribution in [0.5, 0.6) is 0 Å². The van der Waals surface area contributed by atoms with E-state index >= 15 is 0 Å². The lowest BCUT2D eigenvalue weighted by atomic mass is 10.2. The molecule has 2 heterocycles.